The van der Waals surface area contributed by atoms with Gasteiger partial charge in [0.2, 0.25) is 0 Å². The summed E-state index contributed by atoms with van der Waals surface area (Å²) in [5, 5.41) is 0. The number of hydrogen-bond acceptors (Lipinski definition) is 4. The predicted molar refractivity (Wildman–Crippen MR) is 94.4 cm³/mol. The molecule has 3 heterocycles. The van der Waals surface area contributed by atoms with E-state index in [1.54, 1.807) is 6.33 Å². The largest absolute Gasteiger partial charge is 0.348 e. The molecule has 3 rings (SSSR count). The lowest BCUT2D eigenvalue weighted by Gasteiger charge is -2.23. The molecule has 0 aliphatic rings. The van der Waals surface area contributed by atoms with Crippen LogP contribution in [0, 0.1) is 13.8 Å². The summed E-state index contributed by atoms with van der Waals surface area (Å²) in [6.07, 6.45) is 8.27. The first-order valence-corrected chi connectivity index (χ1v) is 8.23. The molecule has 0 saturated carbocycles. The first kappa shape index (κ1) is 16.3. The number of rotatable bonds is 7. The zero-order chi connectivity index (χ0) is 16.8. The maximum Gasteiger partial charge on any atom is 0.0921 e. The summed E-state index contributed by atoms with van der Waals surface area (Å²) in [5.74, 6) is 0. The summed E-state index contributed by atoms with van der Waals surface area (Å²) in [6.45, 7) is 6.78. The van der Waals surface area contributed by atoms with Gasteiger partial charge in [0.15, 0.2) is 0 Å². The molecule has 0 radical (unpaired) electrons. The number of pyridine rings is 2. The number of imidazole rings is 1. The van der Waals surface area contributed by atoms with E-state index in [2.05, 4.69) is 50.8 Å². The zero-order valence-electron chi connectivity index (χ0n) is 14.2. The van der Waals surface area contributed by atoms with Gasteiger partial charge in [0, 0.05) is 50.3 Å². The Morgan fingerprint density at radius 2 is 1.58 bits per heavy atom. The summed E-state index contributed by atoms with van der Waals surface area (Å²) in [4.78, 5) is 18.8. The molecule has 0 amide bonds. The van der Waals surface area contributed by atoms with Crippen LogP contribution in [0.3, 0.4) is 0 Å². The number of nitrogens with one attached hydrogen (secondary N) is 1. The minimum absolute atomic E-state index is 0.816. The second-order valence-corrected chi connectivity index (χ2v) is 6.07. The van der Waals surface area contributed by atoms with Gasteiger partial charge in [-0.15, -0.1) is 0 Å². The van der Waals surface area contributed by atoms with Crippen molar-refractivity contribution in [2.24, 2.45) is 0 Å². The normalized spacial score (nSPS) is 11.1. The van der Waals surface area contributed by atoms with Crippen LogP contribution < -0.4 is 0 Å². The Morgan fingerprint density at radius 3 is 2.08 bits per heavy atom. The first-order valence-electron chi connectivity index (χ1n) is 8.23. The minimum atomic E-state index is 0.816. The van der Waals surface area contributed by atoms with Crippen LogP contribution in [-0.2, 0) is 19.5 Å². The highest BCUT2D eigenvalue weighted by molar-refractivity contribution is 5.19. The van der Waals surface area contributed by atoms with E-state index in [0.29, 0.717) is 0 Å². The van der Waals surface area contributed by atoms with Gasteiger partial charge in [0.05, 0.1) is 17.7 Å². The van der Waals surface area contributed by atoms with Crippen molar-refractivity contribution in [3.63, 3.8) is 0 Å². The first-order chi connectivity index (χ1) is 11.7. The molecule has 124 valence electrons. The van der Waals surface area contributed by atoms with Gasteiger partial charge in [-0.2, -0.15) is 0 Å². The Bertz CT molecular complexity index is 719. The molecule has 0 bridgehead atoms. The molecule has 0 unspecified atom stereocenters. The summed E-state index contributed by atoms with van der Waals surface area (Å²) < 4.78 is 0. The van der Waals surface area contributed by atoms with Gasteiger partial charge in [-0.05, 0) is 37.1 Å². The summed E-state index contributed by atoms with van der Waals surface area (Å²) in [7, 11) is 0. The number of aromatic nitrogens is 4. The fourth-order valence-corrected chi connectivity index (χ4v) is 2.71. The third kappa shape index (κ3) is 4.26. The highest BCUT2D eigenvalue weighted by Gasteiger charge is 2.12. The standard InChI is InChI=1S/C19H23N5/c1-15-5-3-8-21-18(15)12-24(10-7-17-11-20-14-23-17)13-19-16(2)6-4-9-22-19/h3-6,8-9,11,14H,7,10,12-13H2,1-2H3,(H,20,23). The van der Waals surface area contributed by atoms with Gasteiger partial charge >= 0.3 is 0 Å². The van der Waals surface area contributed by atoms with Crippen LogP contribution >= 0.6 is 0 Å². The van der Waals surface area contributed by atoms with Crippen molar-refractivity contribution in [2.75, 3.05) is 6.54 Å². The molecule has 3 aromatic heterocycles. The lowest BCUT2D eigenvalue weighted by Crippen LogP contribution is -2.27. The van der Waals surface area contributed by atoms with Crippen LogP contribution in [0.4, 0.5) is 0 Å². The lowest BCUT2D eigenvalue weighted by atomic mass is 10.1. The van der Waals surface area contributed by atoms with Gasteiger partial charge in [0.25, 0.3) is 0 Å². The Labute approximate surface area is 142 Å². The zero-order valence-corrected chi connectivity index (χ0v) is 14.2. The van der Waals surface area contributed by atoms with Crippen LogP contribution in [0.25, 0.3) is 0 Å². The third-order valence-corrected chi connectivity index (χ3v) is 4.23. The van der Waals surface area contributed by atoms with E-state index in [4.69, 9.17) is 0 Å². The number of H-pyrrole nitrogens is 1. The number of nitrogens with zero attached hydrogens (tertiary/aromatic N) is 4. The molecule has 0 aliphatic heterocycles. The average molecular weight is 321 g/mol. The smallest absolute Gasteiger partial charge is 0.0921 e. The van der Waals surface area contributed by atoms with Crippen molar-refractivity contribution in [1.29, 1.82) is 0 Å². The van der Waals surface area contributed by atoms with Crippen molar-refractivity contribution in [3.8, 4) is 0 Å². The quantitative estimate of drug-likeness (QED) is 0.726. The average Bonchev–Trinajstić information content (AvgIpc) is 3.10. The van der Waals surface area contributed by atoms with E-state index < -0.39 is 0 Å². The topological polar surface area (TPSA) is 57.7 Å². The highest BCUT2D eigenvalue weighted by atomic mass is 15.1. The highest BCUT2D eigenvalue weighted by Crippen LogP contribution is 2.13. The van der Waals surface area contributed by atoms with E-state index in [0.717, 1.165) is 43.1 Å². The minimum Gasteiger partial charge on any atom is -0.348 e. The van der Waals surface area contributed by atoms with Crippen molar-refractivity contribution >= 4 is 0 Å². The molecular weight excluding hydrogens is 298 g/mol. The van der Waals surface area contributed by atoms with Crippen LogP contribution in [0.1, 0.15) is 28.2 Å². The van der Waals surface area contributed by atoms with Crippen molar-refractivity contribution in [2.45, 2.75) is 33.4 Å². The molecule has 5 heteroatoms. The van der Waals surface area contributed by atoms with E-state index in [1.165, 1.54) is 11.1 Å². The van der Waals surface area contributed by atoms with E-state index >= 15 is 0 Å². The Hall–Kier alpha value is -2.53. The van der Waals surface area contributed by atoms with Gasteiger partial charge in [-0.25, -0.2) is 4.98 Å². The second-order valence-electron chi connectivity index (χ2n) is 6.07. The molecule has 0 atom stereocenters. The lowest BCUT2D eigenvalue weighted by molar-refractivity contribution is 0.252. The Kier molecular flexibility index (Phi) is 5.33. The van der Waals surface area contributed by atoms with E-state index in [-0.39, 0.29) is 0 Å². The third-order valence-electron chi connectivity index (χ3n) is 4.23. The number of aromatic amines is 1. The van der Waals surface area contributed by atoms with Crippen molar-refractivity contribution in [1.82, 2.24) is 24.8 Å². The Balaban J connectivity index is 1.75. The molecule has 0 fully saturated rings. The van der Waals surface area contributed by atoms with Crippen molar-refractivity contribution < 1.29 is 0 Å². The molecule has 0 aliphatic carbocycles. The maximum atomic E-state index is 4.54. The molecular formula is C19H23N5. The summed E-state index contributed by atoms with van der Waals surface area (Å²) in [6, 6.07) is 8.19. The van der Waals surface area contributed by atoms with Gasteiger partial charge in [-0.1, -0.05) is 12.1 Å². The van der Waals surface area contributed by atoms with Crippen LogP contribution in [0.15, 0.2) is 49.2 Å². The molecule has 5 nitrogen and oxygen atoms in total. The maximum absolute atomic E-state index is 4.54. The molecule has 3 aromatic rings. The molecule has 0 spiro atoms. The van der Waals surface area contributed by atoms with E-state index in [9.17, 15) is 0 Å². The second kappa shape index (κ2) is 7.84. The fraction of sp³-hybridized carbons (Fsp3) is 0.316. The fourth-order valence-electron chi connectivity index (χ4n) is 2.71. The monoisotopic (exact) mass is 321 g/mol. The molecule has 0 aromatic carbocycles. The summed E-state index contributed by atoms with van der Waals surface area (Å²) in [5.41, 5.74) is 5.84. The van der Waals surface area contributed by atoms with Gasteiger partial charge in [0.1, 0.15) is 0 Å². The van der Waals surface area contributed by atoms with E-state index in [1.807, 2.05) is 30.7 Å². The Morgan fingerprint density at radius 1 is 0.958 bits per heavy atom. The van der Waals surface area contributed by atoms with Gasteiger partial charge < -0.3 is 4.98 Å². The molecule has 24 heavy (non-hydrogen) atoms. The van der Waals surface area contributed by atoms with Crippen LogP contribution in [0.2, 0.25) is 0 Å². The molecule has 1 N–H and O–H groups in total. The van der Waals surface area contributed by atoms with Crippen LogP contribution in [-0.4, -0.2) is 31.4 Å². The predicted octanol–water partition coefficient (Wildman–Crippen LogP) is 3.06. The van der Waals surface area contributed by atoms with Gasteiger partial charge in [-0.3, -0.25) is 14.9 Å². The SMILES string of the molecule is Cc1cccnc1CN(CCc1cnc[nH]1)Cc1ncccc1C. The number of hydrogen-bond donors (Lipinski definition) is 1. The molecule has 0 saturated heterocycles. The van der Waals surface area contributed by atoms with Crippen molar-refractivity contribution in [3.05, 3.63) is 77.4 Å². The number of aryl methyl sites for hydroxylation is 2. The summed E-state index contributed by atoms with van der Waals surface area (Å²) >= 11 is 0. The van der Waals surface area contributed by atoms with Crippen LogP contribution in [0.5, 0.6) is 0 Å².